The van der Waals surface area contributed by atoms with Crippen molar-refractivity contribution in [3.63, 3.8) is 0 Å². The zero-order chi connectivity index (χ0) is 12.5. The molecule has 18 heavy (non-hydrogen) atoms. The normalized spacial score (nSPS) is 33.5. The summed E-state index contributed by atoms with van der Waals surface area (Å²) in [6, 6.07) is 2.39. The van der Waals surface area contributed by atoms with Crippen molar-refractivity contribution in [3.8, 4) is 0 Å². The predicted molar refractivity (Wildman–Crippen MR) is 71.6 cm³/mol. The molecule has 0 amide bonds. The van der Waals surface area contributed by atoms with E-state index in [0.717, 1.165) is 12.3 Å². The van der Waals surface area contributed by atoms with Gasteiger partial charge in [0.15, 0.2) is 0 Å². The highest BCUT2D eigenvalue weighted by Gasteiger charge is 2.52. The Morgan fingerprint density at radius 3 is 2.56 bits per heavy atom. The van der Waals surface area contributed by atoms with Crippen LogP contribution in [0.3, 0.4) is 0 Å². The Bertz CT molecular complexity index is 514. The second-order valence-corrected chi connectivity index (χ2v) is 7.67. The molecule has 96 valence electrons. The highest BCUT2D eigenvalue weighted by molar-refractivity contribution is 5.41. The van der Waals surface area contributed by atoms with Crippen LogP contribution in [0.2, 0.25) is 0 Å². The molecule has 2 heteroatoms. The first kappa shape index (κ1) is 11.0. The van der Waals surface area contributed by atoms with Crippen LogP contribution >= 0.6 is 0 Å². The van der Waals surface area contributed by atoms with Crippen molar-refractivity contribution in [1.82, 2.24) is 10.2 Å². The van der Waals surface area contributed by atoms with E-state index in [4.69, 9.17) is 0 Å². The van der Waals surface area contributed by atoms with Crippen LogP contribution in [0.4, 0.5) is 0 Å². The van der Waals surface area contributed by atoms with Crippen molar-refractivity contribution in [2.75, 3.05) is 0 Å². The lowest BCUT2D eigenvalue weighted by Gasteiger charge is -2.23. The summed E-state index contributed by atoms with van der Waals surface area (Å²) in [6.07, 6.45) is 6.53. The maximum absolute atomic E-state index is 4.60. The fourth-order valence-electron chi connectivity index (χ4n) is 4.29. The van der Waals surface area contributed by atoms with Crippen LogP contribution < -0.4 is 0 Å². The second-order valence-electron chi connectivity index (χ2n) is 7.67. The van der Waals surface area contributed by atoms with Gasteiger partial charge < -0.3 is 0 Å². The highest BCUT2D eigenvalue weighted by Crippen LogP contribution is 2.63. The van der Waals surface area contributed by atoms with Gasteiger partial charge in [-0.1, -0.05) is 20.8 Å². The Labute approximate surface area is 109 Å². The molecule has 1 aromatic rings. The maximum atomic E-state index is 4.60. The minimum atomic E-state index is 0.416. The molecule has 2 bridgehead atoms. The highest BCUT2D eigenvalue weighted by atomic mass is 15.1. The molecule has 0 aromatic carbocycles. The molecule has 2 atom stereocenters. The van der Waals surface area contributed by atoms with Gasteiger partial charge in [-0.05, 0) is 60.5 Å². The van der Waals surface area contributed by atoms with Crippen LogP contribution in [0.1, 0.15) is 75.2 Å². The third kappa shape index (κ3) is 1.35. The molecule has 0 spiro atoms. The van der Waals surface area contributed by atoms with E-state index in [-0.39, 0.29) is 0 Å². The van der Waals surface area contributed by atoms with Crippen molar-refractivity contribution in [3.05, 3.63) is 23.0 Å². The van der Waals surface area contributed by atoms with Crippen molar-refractivity contribution in [2.45, 2.75) is 64.7 Å². The fourth-order valence-corrected chi connectivity index (χ4v) is 4.29. The Hall–Kier alpha value is -0.920. The minimum absolute atomic E-state index is 0.416. The van der Waals surface area contributed by atoms with E-state index in [0.29, 0.717) is 16.7 Å². The molecule has 0 aliphatic heterocycles. The topological polar surface area (TPSA) is 25.8 Å². The van der Waals surface area contributed by atoms with Gasteiger partial charge >= 0.3 is 0 Å². The summed E-state index contributed by atoms with van der Waals surface area (Å²) in [5.74, 6) is 1.40. The first-order valence-electron chi connectivity index (χ1n) is 7.36. The average Bonchev–Trinajstić information content (AvgIpc) is 2.91. The number of hydrogen-bond donors (Lipinski definition) is 0. The molecule has 1 aromatic heterocycles. The third-order valence-corrected chi connectivity index (χ3v) is 5.86. The lowest BCUT2D eigenvalue weighted by molar-refractivity contribution is 0.323. The van der Waals surface area contributed by atoms with Crippen LogP contribution in [0.25, 0.3) is 0 Å². The summed E-state index contributed by atoms with van der Waals surface area (Å²) in [5.41, 5.74) is 5.04. The Balaban J connectivity index is 1.72. The Kier molecular flexibility index (Phi) is 1.92. The molecule has 2 fully saturated rings. The van der Waals surface area contributed by atoms with Crippen LogP contribution in [0, 0.1) is 10.8 Å². The minimum Gasteiger partial charge on any atom is -0.155 e. The molecule has 3 aliphatic rings. The fraction of sp³-hybridized carbons (Fsp3) is 0.750. The van der Waals surface area contributed by atoms with Gasteiger partial charge in [-0.2, -0.15) is 10.2 Å². The monoisotopic (exact) mass is 242 g/mol. The smallest absolute Gasteiger partial charge is 0.0702 e. The number of rotatable bonds is 2. The van der Waals surface area contributed by atoms with Crippen LogP contribution in [0.5, 0.6) is 0 Å². The number of aromatic nitrogens is 2. The van der Waals surface area contributed by atoms with Gasteiger partial charge in [-0.25, -0.2) is 0 Å². The number of hydrogen-bond acceptors (Lipinski definition) is 2. The maximum Gasteiger partial charge on any atom is 0.0702 e. The van der Waals surface area contributed by atoms with Crippen molar-refractivity contribution in [2.24, 2.45) is 10.8 Å². The van der Waals surface area contributed by atoms with Gasteiger partial charge in [-0.15, -0.1) is 0 Å². The summed E-state index contributed by atoms with van der Waals surface area (Å²) in [6.45, 7) is 7.20. The van der Waals surface area contributed by atoms with E-state index < -0.39 is 0 Å². The number of fused-ring (bicyclic) bond motifs is 5. The second kappa shape index (κ2) is 3.15. The predicted octanol–water partition coefficient (Wildman–Crippen LogP) is 3.82. The molecule has 0 radical (unpaired) electrons. The summed E-state index contributed by atoms with van der Waals surface area (Å²) in [7, 11) is 0. The summed E-state index contributed by atoms with van der Waals surface area (Å²) in [5, 5.41) is 9.11. The molecule has 0 N–H and O–H groups in total. The molecule has 3 aliphatic carbocycles. The zero-order valence-corrected chi connectivity index (χ0v) is 11.7. The zero-order valence-electron chi connectivity index (χ0n) is 11.7. The van der Waals surface area contributed by atoms with E-state index in [9.17, 15) is 0 Å². The molecule has 2 saturated carbocycles. The lowest BCUT2D eigenvalue weighted by Crippen LogP contribution is -2.14. The van der Waals surface area contributed by atoms with Gasteiger partial charge in [0, 0.05) is 5.92 Å². The van der Waals surface area contributed by atoms with Gasteiger partial charge in [0.05, 0.1) is 11.4 Å². The standard InChI is InChI=1S/C16H22N2/c1-15(2)12-4-5-13(15)14-11(12)8-10(17-18-14)9-16(3)6-7-16/h8,12-13H,4-7,9H2,1-3H3. The average molecular weight is 242 g/mol. The van der Waals surface area contributed by atoms with E-state index in [1.807, 2.05) is 0 Å². The van der Waals surface area contributed by atoms with Gasteiger partial charge in [0.2, 0.25) is 0 Å². The molecule has 4 rings (SSSR count). The largest absolute Gasteiger partial charge is 0.155 e. The summed E-state index contributed by atoms with van der Waals surface area (Å²) in [4.78, 5) is 0. The molecule has 2 nitrogen and oxygen atoms in total. The van der Waals surface area contributed by atoms with Gasteiger partial charge in [0.1, 0.15) is 0 Å². The Morgan fingerprint density at radius 2 is 1.83 bits per heavy atom. The molecular formula is C16H22N2. The molecule has 0 saturated heterocycles. The van der Waals surface area contributed by atoms with Gasteiger partial charge in [-0.3, -0.25) is 0 Å². The van der Waals surface area contributed by atoms with E-state index >= 15 is 0 Å². The van der Waals surface area contributed by atoms with Gasteiger partial charge in [0.25, 0.3) is 0 Å². The van der Waals surface area contributed by atoms with E-state index in [1.165, 1.54) is 42.6 Å². The summed E-state index contributed by atoms with van der Waals surface area (Å²) < 4.78 is 0. The van der Waals surface area contributed by atoms with Crippen molar-refractivity contribution < 1.29 is 0 Å². The van der Waals surface area contributed by atoms with Crippen LogP contribution in [-0.2, 0) is 6.42 Å². The molecular weight excluding hydrogens is 220 g/mol. The van der Waals surface area contributed by atoms with Crippen LogP contribution in [0.15, 0.2) is 6.07 Å². The van der Waals surface area contributed by atoms with Crippen molar-refractivity contribution in [1.29, 1.82) is 0 Å². The third-order valence-electron chi connectivity index (χ3n) is 5.86. The van der Waals surface area contributed by atoms with Crippen LogP contribution in [-0.4, -0.2) is 10.2 Å². The lowest BCUT2D eigenvalue weighted by atomic mass is 9.80. The Morgan fingerprint density at radius 1 is 1.11 bits per heavy atom. The first-order chi connectivity index (χ1) is 8.50. The number of nitrogens with zero attached hydrogens (tertiary/aromatic N) is 2. The quantitative estimate of drug-likeness (QED) is 0.788. The first-order valence-corrected chi connectivity index (χ1v) is 7.36. The molecule has 2 unspecified atom stereocenters. The van der Waals surface area contributed by atoms with Crippen molar-refractivity contribution >= 4 is 0 Å². The SMILES string of the molecule is CC1(Cc2cc3c(nn2)C2CCC3C2(C)C)CC1. The molecule has 1 heterocycles. The summed E-state index contributed by atoms with van der Waals surface area (Å²) >= 11 is 0. The van der Waals surface area contributed by atoms with E-state index in [1.54, 1.807) is 0 Å². The van der Waals surface area contributed by atoms with E-state index in [2.05, 4.69) is 37.0 Å².